The zero-order valence-electron chi connectivity index (χ0n) is 12.5. The van der Waals surface area contributed by atoms with Crippen molar-refractivity contribution in [3.63, 3.8) is 0 Å². The van der Waals surface area contributed by atoms with E-state index in [0.717, 1.165) is 17.8 Å². The SMILES string of the molecule is Cc1cccc(C(N)=S)c1NCC(C)N1CCCCC1. The number of benzene rings is 1. The Bertz CT molecular complexity index is 467. The molecule has 1 aliphatic heterocycles. The number of piperidine rings is 1. The Hall–Kier alpha value is -1.13. The normalized spacial score (nSPS) is 17.7. The van der Waals surface area contributed by atoms with Gasteiger partial charge in [-0.1, -0.05) is 30.8 Å². The van der Waals surface area contributed by atoms with E-state index in [9.17, 15) is 0 Å². The second-order valence-electron chi connectivity index (χ2n) is 5.69. The number of nitrogens with one attached hydrogen (secondary N) is 1. The monoisotopic (exact) mass is 291 g/mol. The summed E-state index contributed by atoms with van der Waals surface area (Å²) in [6.45, 7) is 7.75. The maximum atomic E-state index is 5.81. The number of para-hydroxylation sites is 1. The zero-order valence-corrected chi connectivity index (χ0v) is 13.3. The minimum absolute atomic E-state index is 0.460. The third-order valence-corrected chi connectivity index (χ3v) is 4.35. The van der Waals surface area contributed by atoms with Gasteiger partial charge in [-0.25, -0.2) is 0 Å². The Labute approximate surface area is 127 Å². The van der Waals surface area contributed by atoms with Crippen molar-refractivity contribution >= 4 is 22.9 Å². The summed E-state index contributed by atoms with van der Waals surface area (Å²) >= 11 is 5.14. The van der Waals surface area contributed by atoms with E-state index in [-0.39, 0.29) is 0 Å². The summed E-state index contributed by atoms with van der Waals surface area (Å²) in [6, 6.07) is 6.62. The van der Waals surface area contributed by atoms with Crippen LogP contribution in [0.5, 0.6) is 0 Å². The van der Waals surface area contributed by atoms with Crippen LogP contribution in [0.4, 0.5) is 5.69 Å². The number of aryl methyl sites for hydroxylation is 1. The minimum atomic E-state index is 0.460. The molecule has 0 aliphatic carbocycles. The van der Waals surface area contributed by atoms with Gasteiger partial charge in [0.2, 0.25) is 0 Å². The lowest BCUT2D eigenvalue weighted by molar-refractivity contribution is 0.180. The largest absolute Gasteiger partial charge is 0.389 e. The van der Waals surface area contributed by atoms with Crippen LogP contribution in [0, 0.1) is 6.92 Å². The van der Waals surface area contributed by atoms with E-state index in [1.807, 2.05) is 12.1 Å². The molecular formula is C16H25N3S. The lowest BCUT2D eigenvalue weighted by atomic mass is 10.1. The van der Waals surface area contributed by atoms with E-state index in [2.05, 4.69) is 30.1 Å². The molecule has 20 heavy (non-hydrogen) atoms. The van der Waals surface area contributed by atoms with Crippen molar-refractivity contribution in [1.29, 1.82) is 0 Å². The van der Waals surface area contributed by atoms with Crippen LogP contribution in [0.3, 0.4) is 0 Å². The molecule has 1 fully saturated rings. The van der Waals surface area contributed by atoms with Gasteiger partial charge in [0.1, 0.15) is 4.99 Å². The van der Waals surface area contributed by atoms with Crippen molar-refractivity contribution in [3.05, 3.63) is 29.3 Å². The molecule has 0 spiro atoms. The van der Waals surface area contributed by atoms with Gasteiger partial charge in [-0.3, -0.25) is 4.90 Å². The molecule has 1 aliphatic rings. The minimum Gasteiger partial charge on any atom is -0.389 e. The van der Waals surface area contributed by atoms with Crippen molar-refractivity contribution in [3.8, 4) is 0 Å². The lowest BCUT2D eigenvalue weighted by Crippen LogP contribution is -2.41. The summed E-state index contributed by atoms with van der Waals surface area (Å²) in [5.74, 6) is 0. The van der Waals surface area contributed by atoms with Crippen molar-refractivity contribution in [2.75, 3.05) is 25.0 Å². The predicted molar refractivity (Wildman–Crippen MR) is 90.4 cm³/mol. The van der Waals surface area contributed by atoms with Gasteiger partial charge in [0, 0.05) is 23.8 Å². The van der Waals surface area contributed by atoms with Gasteiger partial charge in [-0.05, 0) is 51.4 Å². The Kier molecular flexibility index (Phi) is 5.38. The smallest absolute Gasteiger partial charge is 0.106 e. The molecule has 0 radical (unpaired) electrons. The first-order chi connectivity index (χ1) is 9.59. The van der Waals surface area contributed by atoms with Crippen LogP contribution >= 0.6 is 12.2 Å². The summed E-state index contributed by atoms with van der Waals surface area (Å²) in [6.07, 6.45) is 4.03. The number of thiocarbonyl (C=S) groups is 1. The van der Waals surface area contributed by atoms with Gasteiger partial charge in [0.05, 0.1) is 0 Å². The summed E-state index contributed by atoms with van der Waals surface area (Å²) in [5, 5.41) is 3.55. The molecule has 4 heteroatoms. The van der Waals surface area contributed by atoms with Crippen LogP contribution < -0.4 is 11.1 Å². The van der Waals surface area contributed by atoms with Crippen molar-refractivity contribution in [1.82, 2.24) is 4.90 Å². The van der Waals surface area contributed by atoms with E-state index >= 15 is 0 Å². The van der Waals surface area contributed by atoms with Crippen LogP contribution in [0.15, 0.2) is 18.2 Å². The first-order valence-electron chi connectivity index (χ1n) is 7.47. The maximum Gasteiger partial charge on any atom is 0.106 e. The zero-order chi connectivity index (χ0) is 14.5. The molecule has 0 saturated carbocycles. The van der Waals surface area contributed by atoms with Crippen LogP contribution in [-0.4, -0.2) is 35.6 Å². The van der Waals surface area contributed by atoms with Gasteiger partial charge in [-0.15, -0.1) is 0 Å². The van der Waals surface area contributed by atoms with E-state index in [1.165, 1.54) is 37.9 Å². The van der Waals surface area contributed by atoms with Gasteiger partial charge in [-0.2, -0.15) is 0 Å². The second kappa shape index (κ2) is 7.04. The summed E-state index contributed by atoms with van der Waals surface area (Å²) in [5.41, 5.74) is 9.05. The molecule has 0 bridgehead atoms. The third-order valence-electron chi connectivity index (χ3n) is 4.13. The third kappa shape index (κ3) is 3.70. The highest BCUT2D eigenvalue weighted by atomic mass is 32.1. The lowest BCUT2D eigenvalue weighted by Gasteiger charge is -2.33. The molecule has 0 aromatic heterocycles. The van der Waals surface area contributed by atoms with Gasteiger partial charge in [0.15, 0.2) is 0 Å². The van der Waals surface area contributed by atoms with Gasteiger partial charge in [0.25, 0.3) is 0 Å². The van der Waals surface area contributed by atoms with E-state index in [4.69, 9.17) is 18.0 Å². The Morgan fingerprint density at radius 3 is 2.70 bits per heavy atom. The number of rotatable bonds is 5. The predicted octanol–water partition coefficient (Wildman–Crippen LogP) is 2.92. The Morgan fingerprint density at radius 2 is 2.05 bits per heavy atom. The van der Waals surface area contributed by atoms with Crippen molar-refractivity contribution in [2.45, 2.75) is 39.2 Å². The first kappa shape index (κ1) is 15.3. The fraction of sp³-hybridized carbons (Fsp3) is 0.562. The number of nitrogens with two attached hydrogens (primary N) is 1. The van der Waals surface area contributed by atoms with Crippen LogP contribution in [0.1, 0.15) is 37.3 Å². The highest BCUT2D eigenvalue weighted by Crippen LogP contribution is 2.21. The number of hydrogen-bond acceptors (Lipinski definition) is 3. The topological polar surface area (TPSA) is 41.3 Å². The average Bonchev–Trinajstić information content (AvgIpc) is 2.46. The highest BCUT2D eigenvalue weighted by Gasteiger charge is 2.17. The van der Waals surface area contributed by atoms with E-state index in [0.29, 0.717) is 11.0 Å². The van der Waals surface area contributed by atoms with Crippen molar-refractivity contribution in [2.24, 2.45) is 5.73 Å². The second-order valence-corrected chi connectivity index (χ2v) is 6.13. The molecule has 1 aromatic rings. The molecule has 1 saturated heterocycles. The van der Waals surface area contributed by atoms with E-state index < -0.39 is 0 Å². The number of nitrogens with zero attached hydrogens (tertiary/aromatic N) is 1. The van der Waals surface area contributed by atoms with Gasteiger partial charge < -0.3 is 11.1 Å². The number of anilines is 1. The molecule has 0 amide bonds. The number of hydrogen-bond donors (Lipinski definition) is 2. The maximum absolute atomic E-state index is 5.81. The standard InChI is InChI=1S/C16H25N3S/c1-12-7-6-8-14(16(17)20)15(12)18-11-13(2)19-9-4-3-5-10-19/h6-8,13,18H,3-5,9-11H2,1-2H3,(H2,17,20). The molecule has 2 rings (SSSR count). The summed E-state index contributed by atoms with van der Waals surface area (Å²) in [4.78, 5) is 3.02. The molecule has 1 atom stereocenters. The van der Waals surface area contributed by atoms with Crippen LogP contribution in [-0.2, 0) is 0 Å². The van der Waals surface area contributed by atoms with Crippen molar-refractivity contribution < 1.29 is 0 Å². The van der Waals surface area contributed by atoms with E-state index in [1.54, 1.807) is 0 Å². The van der Waals surface area contributed by atoms with Crippen LogP contribution in [0.2, 0.25) is 0 Å². The van der Waals surface area contributed by atoms with Gasteiger partial charge >= 0.3 is 0 Å². The molecule has 1 aromatic carbocycles. The average molecular weight is 291 g/mol. The summed E-state index contributed by atoms with van der Waals surface area (Å²) in [7, 11) is 0. The molecular weight excluding hydrogens is 266 g/mol. The number of likely N-dealkylation sites (tertiary alicyclic amines) is 1. The fourth-order valence-electron chi connectivity index (χ4n) is 2.85. The Morgan fingerprint density at radius 1 is 1.35 bits per heavy atom. The fourth-order valence-corrected chi connectivity index (χ4v) is 3.02. The molecule has 3 N–H and O–H groups in total. The summed E-state index contributed by atoms with van der Waals surface area (Å²) < 4.78 is 0. The quantitative estimate of drug-likeness (QED) is 0.819. The Balaban J connectivity index is 2.01. The molecule has 110 valence electrons. The molecule has 3 nitrogen and oxygen atoms in total. The molecule has 1 heterocycles. The first-order valence-corrected chi connectivity index (χ1v) is 7.87. The highest BCUT2D eigenvalue weighted by molar-refractivity contribution is 7.80. The molecule has 1 unspecified atom stereocenters. The van der Waals surface area contributed by atoms with Crippen LogP contribution in [0.25, 0.3) is 0 Å².